The normalized spacial score (nSPS) is 10.3. The highest BCUT2D eigenvalue weighted by Crippen LogP contribution is 2.25. The van der Waals surface area contributed by atoms with E-state index in [1.807, 2.05) is 91.0 Å². The minimum atomic E-state index is -0.439. The Balaban J connectivity index is 0.000000176. The number of hydrogen-bond acceptors (Lipinski definition) is 4. The van der Waals surface area contributed by atoms with Crippen LogP contribution in [-0.2, 0) is 4.79 Å². The third kappa shape index (κ3) is 6.34. The Hall–Kier alpha value is -4.31. The van der Waals surface area contributed by atoms with Crippen molar-refractivity contribution in [3.8, 4) is 5.75 Å². The second-order valence-corrected chi connectivity index (χ2v) is 6.78. The van der Waals surface area contributed by atoms with Crippen LogP contribution in [0.15, 0.2) is 104 Å². The van der Waals surface area contributed by atoms with Gasteiger partial charge in [-0.25, -0.2) is 4.79 Å². The Morgan fingerprint density at radius 1 is 0.742 bits per heavy atom. The second-order valence-electron chi connectivity index (χ2n) is 6.78. The van der Waals surface area contributed by atoms with Gasteiger partial charge in [-0.15, -0.1) is 0 Å². The molecular formula is C27H24N2O2. The van der Waals surface area contributed by atoms with Gasteiger partial charge in [-0.05, 0) is 40.8 Å². The van der Waals surface area contributed by atoms with Gasteiger partial charge >= 0.3 is 5.97 Å². The summed E-state index contributed by atoms with van der Waals surface area (Å²) in [6.07, 6.45) is 5.19. The van der Waals surface area contributed by atoms with Crippen molar-refractivity contribution in [1.82, 2.24) is 0 Å². The number of nitrogen functional groups attached to an aromatic ring is 2. The van der Waals surface area contributed by atoms with E-state index in [0.717, 1.165) is 28.0 Å². The zero-order valence-corrected chi connectivity index (χ0v) is 17.1. The highest BCUT2D eigenvalue weighted by Gasteiger charge is 2.03. The number of fused-ring (bicyclic) bond motifs is 1. The molecule has 4 nitrogen and oxygen atoms in total. The summed E-state index contributed by atoms with van der Waals surface area (Å²) in [4.78, 5) is 11.1. The van der Waals surface area contributed by atoms with Gasteiger partial charge in [-0.3, -0.25) is 0 Å². The number of ether oxygens (including phenoxy) is 1. The Morgan fingerprint density at radius 2 is 1.35 bits per heavy atom. The number of carbonyl (C=O) groups excluding carboxylic acids is 1. The van der Waals surface area contributed by atoms with Crippen molar-refractivity contribution in [2.24, 2.45) is 0 Å². The molecule has 0 aliphatic heterocycles. The quantitative estimate of drug-likeness (QED) is 0.144. The summed E-state index contributed by atoms with van der Waals surface area (Å²) < 4.78 is 5.12. The highest BCUT2D eigenvalue weighted by molar-refractivity contribution is 5.92. The summed E-state index contributed by atoms with van der Waals surface area (Å²) in [5, 5.41) is 1.97. The molecule has 0 aliphatic carbocycles. The Kier molecular flexibility index (Phi) is 7.22. The van der Waals surface area contributed by atoms with E-state index in [2.05, 4.69) is 6.58 Å². The molecule has 0 amide bonds. The maximum Gasteiger partial charge on any atom is 0.335 e. The molecule has 4 aromatic rings. The fraction of sp³-hybridized carbons (Fsp3) is 0. The van der Waals surface area contributed by atoms with Gasteiger partial charge in [0, 0.05) is 22.8 Å². The van der Waals surface area contributed by atoms with Crippen molar-refractivity contribution in [1.29, 1.82) is 0 Å². The van der Waals surface area contributed by atoms with E-state index >= 15 is 0 Å². The molecule has 0 heterocycles. The Morgan fingerprint density at radius 3 is 2.06 bits per heavy atom. The maximum absolute atomic E-state index is 11.1. The summed E-state index contributed by atoms with van der Waals surface area (Å²) in [6.45, 7) is 3.36. The lowest BCUT2D eigenvalue weighted by Gasteiger charge is -2.05. The molecule has 0 aromatic heterocycles. The van der Waals surface area contributed by atoms with Crippen molar-refractivity contribution < 1.29 is 9.53 Å². The van der Waals surface area contributed by atoms with Crippen molar-refractivity contribution in [3.05, 3.63) is 115 Å². The molecule has 4 rings (SSSR count). The zero-order chi connectivity index (χ0) is 22.1. The van der Waals surface area contributed by atoms with Crippen LogP contribution in [0.5, 0.6) is 5.75 Å². The van der Waals surface area contributed by atoms with Crippen molar-refractivity contribution in [3.63, 3.8) is 0 Å². The molecule has 0 saturated carbocycles. The molecule has 0 radical (unpaired) electrons. The third-order valence-electron chi connectivity index (χ3n) is 4.39. The van der Waals surface area contributed by atoms with Gasteiger partial charge in [-0.2, -0.15) is 0 Å². The average molecular weight is 409 g/mol. The van der Waals surface area contributed by atoms with Gasteiger partial charge in [0.2, 0.25) is 0 Å². The second kappa shape index (κ2) is 10.5. The van der Waals surface area contributed by atoms with Crippen LogP contribution in [0.2, 0.25) is 0 Å². The molecule has 0 atom stereocenters. The van der Waals surface area contributed by atoms with Crippen LogP contribution in [0.1, 0.15) is 11.1 Å². The predicted molar refractivity (Wildman–Crippen MR) is 130 cm³/mol. The molecule has 4 N–H and O–H groups in total. The maximum atomic E-state index is 11.1. The van der Waals surface area contributed by atoms with Gasteiger partial charge in [0.05, 0.1) is 0 Å². The largest absolute Gasteiger partial charge is 0.423 e. The first-order chi connectivity index (χ1) is 15.0. The molecule has 0 unspecified atom stereocenters. The summed E-state index contributed by atoms with van der Waals surface area (Å²) in [6, 6.07) is 29.0. The molecule has 0 bridgehead atoms. The van der Waals surface area contributed by atoms with Crippen molar-refractivity contribution in [2.45, 2.75) is 0 Å². The molecule has 4 aromatic carbocycles. The number of benzene rings is 4. The van der Waals surface area contributed by atoms with E-state index < -0.39 is 5.97 Å². The fourth-order valence-electron chi connectivity index (χ4n) is 2.99. The third-order valence-corrected chi connectivity index (χ3v) is 4.39. The van der Waals surface area contributed by atoms with E-state index in [-0.39, 0.29) is 0 Å². The van der Waals surface area contributed by atoms with Crippen LogP contribution in [0.25, 0.3) is 22.9 Å². The fourth-order valence-corrected chi connectivity index (χ4v) is 2.99. The van der Waals surface area contributed by atoms with E-state index in [1.54, 1.807) is 12.1 Å². The minimum Gasteiger partial charge on any atom is -0.423 e. The van der Waals surface area contributed by atoms with E-state index in [4.69, 9.17) is 16.2 Å². The first-order valence-electron chi connectivity index (χ1n) is 9.76. The van der Waals surface area contributed by atoms with Crippen LogP contribution in [0.3, 0.4) is 0 Å². The number of rotatable bonds is 4. The van der Waals surface area contributed by atoms with E-state index in [1.165, 1.54) is 0 Å². The van der Waals surface area contributed by atoms with Crippen LogP contribution in [0.4, 0.5) is 11.4 Å². The van der Waals surface area contributed by atoms with Gasteiger partial charge in [0.1, 0.15) is 5.75 Å². The van der Waals surface area contributed by atoms with Crippen LogP contribution < -0.4 is 16.2 Å². The summed E-state index contributed by atoms with van der Waals surface area (Å²) in [5.74, 6) is 0.129. The molecule has 0 spiro atoms. The van der Waals surface area contributed by atoms with Crippen LogP contribution in [-0.4, -0.2) is 5.97 Å². The lowest BCUT2D eigenvalue weighted by Crippen LogP contribution is -2.03. The molecule has 0 aliphatic rings. The molecule has 0 fully saturated rings. The van der Waals surface area contributed by atoms with Gasteiger partial charge < -0.3 is 16.2 Å². The smallest absolute Gasteiger partial charge is 0.335 e. The average Bonchev–Trinajstić information content (AvgIpc) is 2.78. The van der Waals surface area contributed by atoms with E-state index in [9.17, 15) is 4.79 Å². The minimum absolute atomic E-state index is 0.439. The summed E-state index contributed by atoms with van der Waals surface area (Å²) in [5.41, 5.74) is 15.0. The zero-order valence-electron chi connectivity index (χ0n) is 17.1. The topological polar surface area (TPSA) is 78.3 Å². The lowest BCUT2D eigenvalue weighted by molar-refractivity contribution is -0.128. The van der Waals surface area contributed by atoms with E-state index in [0.29, 0.717) is 17.1 Å². The Labute approximate surface area is 182 Å². The lowest BCUT2D eigenvalue weighted by atomic mass is 10.1. The number of hydrogen-bond donors (Lipinski definition) is 2. The molecule has 31 heavy (non-hydrogen) atoms. The monoisotopic (exact) mass is 408 g/mol. The predicted octanol–water partition coefficient (Wildman–Crippen LogP) is 5.95. The van der Waals surface area contributed by atoms with Gasteiger partial charge in [-0.1, -0.05) is 85.5 Å². The number of nitrogens with two attached hydrogens (primary N) is 2. The molecule has 0 saturated heterocycles. The molecular weight excluding hydrogens is 384 g/mol. The summed E-state index contributed by atoms with van der Waals surface area (Å²) in [7, 11) is 0. The molecule has 154 valence electrons. The number of anilines is 2. The first kappa shape index (κ1) is 21.4. The highest BCUT2D eigenvalue weighted by atomic mass is 16.5. The number of esters is 1. The summed E-state index contributed by atoms with van der Waals surface area (Å²) >= 11 is 0. The van der Waals surface area contributed by atoms with Crippen LogP contribution in [0, 0.1) is 0 Å². The number of carbonyl (C=O) groups is 1. The standard InChI is InChI=1S/C14H14N2.C13H10O2/c15-13-8-12(9-14(16)10-13)7-6-11-4-2-1-3-5-11;1-2-13(14)15-12-9-5-7-10-6-3-4-8-11(10)12/h1-10H,15-16H2;2-9H,1H2. The van der Waals surface area contributed by atoms with Crippen LogP contribution >= 0.6 is 0 Å². The van der Waals surface area contributed by atoms with Gasteiger partial charge in [0.25, 0.3) is 0 Å². The van der Waals surface area contributed by atoms with Crippen molar-refractivity contribution >= 4 is 40.3 Å². The molecule has 4 heteroatoms. The SMILES string of the molecule is C=CC(=O)Oc1cccc2ccccc12.Nc1cc(N)cc(C=Cc2ccccc2)c1. The van der Waals surface area contributed by atoms with Gasteiger partial charge in [0.15, 0.2) is 0 Å². The Bertz CT molecular complexity index is 1190. The van der Waals surface area contributed by atoms with Crippen molar-refractivity contribution in [2.75, 3.05) is 11.5 Å². The first-order valence-corrected chi connectivity index (χ1v) is 9.76.